The van der Waals surface area contributed by atoms with Gasteiger partial charge in [0.2, 0.25) is 0 Å². The summed E-state index contributed by atoms with van der Waals surface area (Å²) in [6.07, 6.45) is 0.558. The first-order chi connectivity index (χ1) is 6.07. The van der Waals surface area contributed by atoms with Crippen molar-refractivity contribution in [3.8, 4) is 0 Å². The van der Waals surface area contributed by atoms with Crippen LogP contribution in [-0.4, -0.2) is 15.8 Å². The van der Waals surface area contributed by atoms with Crippen LogP contribution < -0.4 is 0 Å². The second-order valence-corrected chi connectivity index (χ2v) is 3.70. The van der Waals surface area contributed by atoms with Gasteiger partial charge in [0.05, 0.1) is 12.1 Å². The zero-order chi connectivity index (χ0) is 10.0. The molecule has 0 aliphatic heterocycles. The molecule has 0 aliphatic rings. The highest BCUT2D eigenvalue weighted by Gasteiger charge is 2.16. The molecule has 1 aromatic heterocycles. The van der Waals surface area contributed by atoms with Crippen molar-refractivity contribution in [3.63, 3.8) is 0 Å². The molecular formula is C11H19NO. The van der Waals surface area contributed by atoms with Gasteiger partial charge in [0, 0.05) is 11.4 Å². The number of hydrogen-bond acceptors (Lipinski definition) is 1. The van der Waals surface area contributed by atoms with Crippen LogP contribution in [0.4, 0.5) is 0 Å². The summed E-state index contributed by atoms with van der Waals surface area (Å²) < 4.78 is 2.19. The Bertz CT molecular complexity index is 258. The lowest BCUT2D eigenvalue weighted by molar-refractivity contribution is 0.115. The molecule has 2 heteroatoms. The monoisotopic (exact) mass is 181 g/mol. The van der Waals surface area contributed by atoms with Crippen LogP contribution in [0.1, 0.15) is 37.7 Å². The average molecular weight is 181 g/mol. The third-order valence-corrected chi connectivity index (χ3v) is 2.71. The van der Waals surface area contributed by atoms with Crippen molar-refractivity contribution >= 4 is 0 Å². The average Bonchev–Trinajstić information content (AvgIpc) is 2.44. The Morgan fingerprint density at radius 2 is 1.77 bits per heavy atom. The molecule has 1 rings (SSSR count). The van der Waals surface area contributed by atoms with Gasteiger partial charge in [-0.05, 0) is 39.3 Å². The van der Waals surface area contributed by atoms with Crippen molar-refractivity contribution in [2.45, 2.75) is 46.3 Å². The lowest BCUT2D eigenvalue weighted by atomic mass is 10.1. The van der Waals surface area contributed by atoms with Crippen LogP contribution in [0.5, 0.6) is 0 Å². The van der Waals surface area contributed by atoms with E-state index in [9.17, 15) is 5.11 Å². The van der Waals surface area contributed by atoms with Crippen LogP contribution in [0.3, 0.4) is 0 Å². The quantitative estimate of drug-likeness (QED) is 0.761. The smallest absolute Gasteiger partial charge is 0.0742 e. The molecule has 2 unspecified atom stereocenters. The van der Waals surface area contributed by atoms with E-state index in [-0.39, 0.29) is 12.1 Å². The number of aliphatic hydroxyl groups excluding tert-OH is 1. The van der Waals surface area contributed by atoms with Gasteiger partial charge in [-0.25, -0.2) is 0 Å². The minimum Gasteiger partial charge on any atom is -0.391 e. The highest BCUT2D eigenvalue weighted by Crippen LogP contribution is 2.19. The van der Waals surface area contributed by atoms with E-state index in [0.29, 0.717) is 0 Å². The fourth-order valence-corrected chi connectivity index (χ4v) is 1.84. The van der Waals surface area contributed by atoms with E-state index in [1.165, 1.54) is 11.4 Å². The molecule has 0 spiro atoms. The van der Waals surface area contributed by atoms with Gasteiger partial charge in [0.15, 0.2) is 0 Å². The minimum atomic E-state index is -0.246. The molecule has 2 atom stereocenters. The number of aryl methyl sites for hydroxylation is 2. The maximum atomic E-state index is 9.73. The molecule has 0 saturated carbocycles. The number of nitrogens with zero attached hydrogens (tertiary/aromatic N) is 1. The number of hydrogen-bond donors (Lipinski definition) is 1. The van der Waals surface area contributed by atoms with Crippen LogP contribution in [0.2, 0.25) is 0 Å². The van der Waals surface area contributed by atoms with E-state index < -0.39 is 0 Å². The molecule has 2 nitrogen and oxygen atoms in total. The maximum absolute atomic E-state index is 9.73. The first-order valence-electron chi connectivity index (χ1n) is 4.90. The summed E-state index contributed by atoms with van der Waals surface area (Å²) in [5.41, 5.74) is 2.44. The molecule has 0 saturated heterocycles. The highest BCUT2D eigenvalue weighted by atomic mass is 16.3. The number of rotatable bonds is 3. The Morgan fingerprint density at radius 1 is 1.31 bits per heavy atom. The van der Waals surface area contributed by atoms with Crippen molar-refractivity contribution < 1.29 is 5.11 Å². The summed E-state index contributed by atoms with van der Waals surface area (Å²) in [6, 6.07) is 4.36. The SMILES string of the molecule is CCC(O)C(C)n1c(C)ccc1C. The van der Waals surface area contributed by atoms with E-state index in [2.05, 4.69) is 37.5 Å². The molecule has 74 valence electrons. The van der Waals surface area contributed by atoms with Crippen molar-refractivity contribution in [1.82, 2.24) is 4.57 Å². The maximum Gasteiger partial charge on any atom is 0.0742 e. The van der Waals surface area contributed by atoms with Crippen LogP contribution in [0.15, 0.2) is 12.1 Å². The van der Waals surface area contributed by atoms with Gasteiger partial charge in [-0.1, -0.05) is 6.92 Å². The molecule has 0 amide bonds. The van der Waals surface area contributed by atoms with Gasteiger partial charge in [-0.2, -0.15) is 0 Å². The van der Waals surface area contributed by atoms with Crippen LogP contribution in [-0.2, 0) is 0 Å². The van der Waals surface area contributed by atoms with E-state index in [1.54, 1.807) is 0 Å². The fourth-order valence-electron chi connectivity index (χ4n) is 1.84. The first kappa shape index (κ1) is 10.3. The van der Waals surface area contributed by atoms with Gasteiger partial charge < -0.3 is 9.67 Å². The Labute approximate surface area is 80.2 Å². The summed E-state index contributed by atoms with van der Waals surface area (Å²) in [6.45, 7) is 8.22. The van der Waals surface area contributed by atoms with E-state index in [1.807, 2.05) is 6.92 Å². The van der Waals surface area contributed by atoms with Gasteiger partial charge in [0.25, 0.3) is 0 Å². The van der Waals surface area contributed by atoms with Gasteiger partial charge >= 0.3 is 0 Å². The van der Waals surface area contributed by atoms with Crippen LogP contribution in [0.25, 0.3) is 0 Å². The molecular weight excluding hydrogens is 162 g/mol. The summed E-state index contributed by atoms with van der Waals surface area (Å²) >= 11 is 0. The predicted molar refractivity (Wildman–Crippen MR) is 54.9 cm³/mol. The predicted octanol–water partition coefficient (Wildman–Crippen LogP) is 2.44. The molecule has 0 aliphatic carbocycles. The van der Waals surface area contributed by atoms with Crippen molar-refractivity contribution in [1.29, 1.82) is 0 Å². The molecule has 0 radical (unpaired) electrons. The molecule has 1 aromatic rings. The summed E-state index contributed by atoms with van der Waals surface area (Å²) in [5.74, 6) is 0. The Kier molecular flexibility index (Phi) is 3.15. The minimum absolute atomic E-state index is 0.181. The van der Waals surface area contributed by atoms with Gasteiger partial charge in [-0.3, -0.25) is 0 Å². The second kappa shape index (κ2) is 3.97. The third-order valence-electron chi connectivity index (χ3n) is 2.71. The lowest BCUT2D eigenvalue weighted by Gasteiger charge is -2.22. The second-order valence-electron chi connectivity index (χ2n) is 3.70. The normalized spacial score (nSPS) is 15.8. The first-order valence-corrected chi connectivity index (χ1v) is 4.90. The molecule has 13 heavy (non-hydrogen) atoms. The van der Waals surface area contributed by atoms with Crippen molar-refractivity contribution in [2.75, 3.05) is 0 Å². The molecule has 1 N–H and O–H groups in total. The zero-order valence-electron chi connectivity index (χ0n) is 8.91. The van der Waals surface area contributed by atoms with E-state index in [4.69, 9.17) is 0 Å². The Balaban J connectivity index is 2.93. The van der Waals surface area contributed by atoms with Crippen molar-refractivity contribution in [2.24, 2.45) is 0 Å². The third kappa shape index (κ3) is 1.94. The molecule has 1 heterocycles. The molecule has 0 aromatic carbocycles. The highest BCUT2D eigenvalue weighted by molar-refractivity contribution is 5.15. The topological polar surface area (TPSA) is 25.2 Å². The van der Waals surface area contributed by atoms with Crippen LogP contribution in [0, 0.1) is 13.8 Å². The van der Waals surface area contributed by atoms with Gasteiger partial charge in [0.1, 0.15) is 0 Å². The lowest BCUT2D eigenvalue weighted by Crippen LogP contribution is -2.22. The zero-order valence-corrected chi connectivity index (χ0v) is 8.91. The Hall–Kier alpha value is -0.760. The van der Waals surface area contributed by atoms with Gasteiger partial charge in [-0.15, -0.1) is 0 Å². The number of aliphatic hydroxyl groups is 1. The number of aromatic nitrogens is 1. The van der Waals surface area contributed by atoms with E-state index in [0.717, 1.165) is 6.42 Å². The van der Waals surface area contributed by atoms with Crippen LogP contribution >= 0.6 is 0 Å². The van der Waals surface area contributed by atoms with Crippen molar-refractivity contribution in [3.05, 3.63) is 23.5 Å². The summed E-state index contributed by atoms with van der Waals surface area (Å²) in [4.78, 5) is 0. The Morgan fingerprint density at radius 3 is 2.15 bits per heavy atom. The largest absolute Gasteiger partial charge is 0.391 e. The molecule has 0 fully saturated rings. The van der Waals surface area contributed by atoms with E-state index >= 15 is 0 Å². The molecule has 0 bridgehead atoms. The standard InChI is InChI=1S/C11H19NO/c1-5-11(13)10(4)12-8(2)6-7-9(12)3/h6-7,10-11,13H,5H2,1-4H3. The fraction of sp³-hybridized carbons (Fsp3) is 0.636. The summed E-state index contributed by atoms with van der Waals surface area (Å²) in [7, 11) is 0. The summed E-state index contributed by atoms with van der Waals surface area (Å²) in [5, 5.41) is 9.73.